The van der Waals surface area contributed by atoms with Gasteiger partial charge in [-0.3, -0.25) is 4.98 Å². The molecule has 0 fully saturated rings. The lowest BCUT2D eigenvalue weighted by Crippen LogP contribution is -2.29. The van der Waals surface area contributed by atoms with Crippen molar-refractivity contribution < 1.29 is 23.1 Å². The first-order valence-corrected chi connectivity index (χ1v) is 14.2. The van der Waals surface area contributed by atoms with E-state index in [0.29, 0.717) is 17.0 Å². The number of nitrogens with zero attached hydrogens (tertiary/aromatic N) is 4. The minimum Gasteiger partial charge on any atom is -0.482 e. The fourth-order valence-corrected chi connectivity index (χ4v) is 6.77. The van der Waals surface area contributed by atoms with Gasteiger partial charge in [-0.1, -0.05) is 30.3 Å². The lowest BCUT2D eigenvalue weighted by Gasteiger charge is -2.22. The van der Waals surface area contributed by atoms with Crippen LogP contribution in [0.5, 0.6) is 5.75 Å². The van der Waals surface area contributed by atoms with Gasteiger partial charge in [-0.15, -0.1) is 23.7 Å². The molecule has 0 saturated heterocycles. The number of aromatic nitrogens is 3. The number of ether oxygens (including phenoxy) is 1. The van der Waals surface area contributed by atoms with Crippen LogP contribution in [0.2, 0.25) is 0 Å². The third kappa shape index (κ3) is 6.93. The quantitative estimate of drug-likeness (QED) is 0.221. The molecule has 0 saturated carbocycles. The van der Waals surface area contributed by atoms with Gasteiger partial charge in [0.15, 0.2) is 6.61 Å². The summed E-state index contributed by atoms with van der Waals surface area (Å²) in [4.78, 5) is 16.0. The first kappa shape index (κ1) is 29.0. The monoisotopic (exact) mass is 596 g/mol. The Labute approximate surface area is 241 Å². The van der Waals surface area contributed by atoms with E-state index in [1.165, 1.54) is 4.31 Å². The third-order valence-corrected chi connectivity index (χ3v) is 9.14. The van der Waals surface area contributed by atoms with Crippen LogP contribution in [-0.2, 0) is 27.9 Å². The molecule has 0 amide bonds. The molecule has 12 heteroatoms. The number of pyridine rings is 1. The van der Waals surface area contributed by atoms with Gasteiger partial charge in [-0.25, -0.2) is 17.9 Å². The number of halogens is 1. The fourth-order valence-electron chi connectivity index (χ4n) is 3.92. The largest absolute Gasteiger partial charge is 0.482 e. The van der Waals surface area contributed by atoms with Crippen LogP contribution in [0.4, 0.5) is 0 Å². The molecule has 5 aromatic rings. The van der Waals surface area contributed by atoms with Crippen LogP contribution >= 0.6 is 23.7 Å². The summed E-state index contributed by atoms with van der Waals surface area (Å²) in [6, 6.07) is 25.0. The number of carboxylic acid groups (broad SMARTS) is 1. The second-order valence-electron chi connectivity index (χ2n) is 8.55. The molecule has 3 aromatic heterocycles. The van der Waals surface area contributed by atoms with Crippen LogP contribution in [-0.4, -0.2) is 45.2 Å². The standard InChI is InChI=1S/C28H24N4O5S2.ClH/c33-27(34)20-37-24-6-3-5-22(17-24)19-31(18-21-8-10-23(11-9-21)32-16-4-15-30-32)39(35,36)28-13-12-26(38-28)25-7-1-2-14-29-25;/h1-17H,18-20H2,(H,33,34);1H. The van der Waals surface area contributed by atoms with Crippen molar-refractivity contribution >= 4 is 39.7 Å². The number of sulfonamides is 1. The Morgan fingerprint density at radius 1 is 0.925 bits per heavy atom. The normalized spacial score (nSPS) is 11.2. The molecule has 0 aliphatic rings. The van der Waals surface area contributed by atoms with Crippen molar-refractivity contribution in [2.75, 3.05) is 6.61 Å². The molecule has 0 unspecified atom stereocenters. The lowest BCUT2D eigenvalue weighted by molar-refractivity contribution is -0.139. The predicted molar refractivity (Wildman–Crippen MR) is 154 cm³/mol. The highest BCUT2D eigenvalue weighted by Crippen LogP contribution is 2.32. The Morgan fingerprint density at radius 3 is 2.42 bits per heavy atom. The first-order valence-electron chi connectivity index (χ1n) is 11.9. The molecule has 0 aliphatic carbocycles. The molecule has 206 valence electrons. The molecule has 0 atom stereocenters. The van der Waals surface area contributed by atoms with Gasteiger partial charge in [-0.05, 0) is 65.7 Å². The van der Waals surface area contributed by atoms with Crippen molar-refractivity contribution in [3.8, 4) is 22.0 Å². The van der Waals surface area contributed by atoms with E-state index in [9.17, 15) is 13.2 Å². The molecule has 2 aromatic carbocycles. The summed E-state index contributed by atoms with van der Waals surface area (Å²) in [7, 11) is -3.90. The van der Waals surface area contributed by atoms with Crippen LogP contribution < -0.4 is 4.74 Å². The zero-order chi connectivity index (χ0) is 27.2. The number of aliphatic carboxylic acids is 1. The van der Waals surface area contributed by atoms with Crippen molar-refractivity contribution in [2.45, 2.75) is 17.3 Å². The number of rotatable bonds is 11. The number of carbonyl (C=O) groups is 1. The van der Waals surface area contributed by atoms with Gasteiger partial charge in [0.2, 0.25) is 0 Å². The highest BCUT2D eigenvalue weighted by molar-refractivity contribution is 7.91. The highest BCUT2D eigenvalue weighted by Gasteiger charge is 2.27. The topological polar surface area (TPSA) is 115 Å². The van der Waals surface area contributed by atoms with Gasteiger partial charge in [0.05, 0.1) is 16.3 Å². The molecule has 0 radical (unpaired) electrons. The second kappa shape index (κ2) is 12.9. The van der Waals surface area contributed by atoms with E-state index in [2.05, 4.69) is 10.1 Å². The number of benzene rings is 2. The summed E-state index contributed by atoms with van der Waals surface area (Å²) in [5, 5.41) is 13.2. The maximum atomic E-state index is 13.9. The van der Waals surface area contributed by atoms with Gasteiger partial charge >= 0.3 is 5.97 Å². The average molecular weight is 597 g/mol. The molecule has 9 nitrogen and oxygen atoms in total. The summed E-state index contributed by atoms with van der Waals surface area (Å²) >= 11 is 1.16. The van der Waals surface area contributed by atoms with Gasteiger partial charge in [0.25, 0.3) is 10.0 Å². The minimum absolute atomic E-state index is 0. The number of thiophene rings is 1. The van der Waals surface area contributed by atoms with Crippen molar-refractivity contribution in [1.82, 2.24) is 19.1 Å². The Morgan fingerprint density at radius 2 is 1.73 bits per heavy atom. The van der Waals surface area contributed by atoms with Crippen LogP contribution in [0.25, 0.3) is 16.3 Å². The van der Waals surface area contributed by atoms with Crippen molar-refractivity contribution in [1.29, 1.82) is 0 Å². The second-order valence-corrected chi connectivity index (χ2v) is 11.8. The third-order valence-electron chi connectivity index (χ3n) is 5.78. The van der Waals surface area contributed by atoms with E-state index in [0.717, 1.165) is 27.5 Å². The Bertz CT molecular complexity index is 1660. The number of hydrogen-bond donors (Lipinski definition) is 1. The lowest BCUT2D eigenvalue weighted by atomic mass is 10.2. The van der Waals surface area contributed by atoms with Gasteiger partial charge in [0, 0.05) is 31.7 Å². The molecule has 0 bridgehead atoms. The van der Waals surface area contributed by atoms with E-state index in [-0.39, 0.29) is 29.7 Å². The SMILES string of the molecule is Cl.O=C(O)COc1cccc(CN(Cc2ccc(-n3cccn3)cc2)S(=O)(=O)c2ccc(-c3ccccn3)s2)c1. The zero-order valence-electron chi connectivity index (χ0n) is 21.0. The van der Waals surface area contributed by atoms with Crippen molar-refractivity contribution in [2.24, 2.45) is 0 Å². The van der Waals surface area contributed by atoms with E-state index in [1.54, 1.807) is 53.5 Å². The molecule has 1 N–H and O–H groups in total. The van der Waals surface area contributed by atoms with Gasteiger partial charge in [0.1, 0.15) is 9.96 Å². The summed E-state index contributed by atoms with van der Waals surface area (Å²) in [6.45, 7) is -0.303. The van der Waals surface area contributed by atoms with Crippen molar-refractivity contribution in [3.05, 3.63) is 115 Å². The molecule has 0 aliphatic heterocycles. The maximum absolute atomic E-state index is 13.9. The summed E-state index contributed by atoms with van der Waals surface area (Å²) in [5.41, 5.74) is 3.03. The summed E-state index contributed by atoms with van der Waals surface area (Å²) < 4.78 is 36.5. The molecular weight excluding hydrogens is 572 g/mol. The molecular formula is C28H25ClN4O5S2. The van der Waals surface area contributed by atoms with E-state index in [1.807, 2.05) is 54.7 Å². The smallest absolute Gasteiger partial charge is 0.341 e. The van der Waals surface area contributed by atoms with Crippen LogP contribution in [0.15, 0.2) is 108 Å². The highest BCUT2D eigenvalue weighted by atomic mass is 35.5. The van der Waals surface area contributed by atoms with Gasteiger partial charge in [-0.2, -0.15) is 9.40 Å². The predicted octanol–water partition coefficient (Wildman–Crippen LogP) is 5.27. The fraction of sp³-hybridized carbons (Fsp3) is 0.107. The number of carboxylic acids is 1. The minimum atomic E-state index is -3.90. The van der Waals surface area contributed by atoms with E-state index in [4.69, 9.17) is 9.84 Å². The van der Waals surface area contributed by atoms with E-state index >= 15 is 0 Å². The molecule has 0 spiro atoms. The Balaban J connectivity index is 0.00000370. The summed E-state index contributed by atoms with van der Waals surface area (Å²) in [6.07, 6.45) is 5.19. The van der Waals surface area contributed by atoms with Crippen LogP contribution in [0.1, 0.15) is 11.1 Å². The maximum Gasteiger partial charge on any atom is 0.341 e. The Kier molecular flexibility index (Phi) is 9.33. The van der Waals surface area contributed by atoms with Crippen LogP contribution in [0.3, 0.4) is 0 Å². The van der Waals surface area contributed by atoms with Crippen LogP contribution in [0, 0.1) is 0 Å². The summed E-state index contributed by atoms with van der Waals surface area (Å²) in [5.74, 6) is -0.742. The Hall–Kier alpha value is -4.03. The molecule has 3 heterocycles. The number of hydrogen-bond acceptors (Lipinski definition) is 7. The zero-order valence-corrected chi connectivity index (χ0v) is 23.5. The first-order chi connectivity index (χ1) is 18.9. The average Bonchev–Trinajstić information content (AvgIpc) is 3.66. The molecule has 40 heavy (non-hydrogen) atoms. The van der Waals surface area contributed by atoms with Crippen molar-refractivity contribution in [3.63, 3.8) is 0 Å². The van der Waals surface area contributed by atoms with E-state index < -0.39 is 22.6 Å². The van der Waals surface area contributed by atoms with Gasteiger partial charge < -0.3 is 9.84 Å². The molecule has 5 rings (SSSR count).